The first-order valence-corrected chi connectivity index (χ1v) is 4.26. The van der Waals surface area contributed by atoms with Crippen LogP contribution >= 0.6 is 12.2 Å². The number of nitro groups is 1. The molecule has 7 nitrogen and oxygen atoms in total. The molecular formula is C7H8N4O3S. The fourth-order valence-corrected chi connectivity index (χ4v) is 0.860. The van der Waals surface area contributed by atoms with Gasteiger partial charge in [0.25, 0.3) is 0 Å². The number of rotatable bonds is 3. The molecule has 0 amide bonds. The van der Waals surface area contributed by atoms with Crippen molar-refractivity contribution in [2.75, 3.05) is 0 Å². The van der Waals surface area contributed by atoms with Crippen LogP contribution in [-0.2, 0) is 0 Å². The number of nitrogens with one attached hydrogen (secondary N) is 1. The van der Waals surface area contributed by atoms with Gasteiger partial charge in [0.2, 0.25) is 0 Å². The Bertz CT molecular complexity index is 426. The van der Waals surface area contributed by atoms with Gasteiger partial charge in [-0.25, -0.2) is 0 Å². The van der Waals surface area contributed by atoms with Crippen LogP contribution in [0.4, 0.5) is 5.88 Å². The lowest BCUT2D eigenvalue weighted by atomic mass is 10.3. The van der Waals surface area contributed by atoms with E-state index >= 15 is 0 Å². The van der Waals surface area contributed by atoms with Gasteiger partial charge in [-0.2, -0.15) is 5.10 Å². The van der Waals surface area contributed by atoms with Crippen molar-refractivity contribution in [2.24, 2.45) is 10.8 Å². The number of furan rings is 1. The van der Waals surface area contributed by atoms with Crippen molar-refractivity contribution >= 4 is 28.9 Å². The Morgan fingerprint density at radius 1 is 1.73 bits per heavy atom. The quantitative estimate of drug-likeness (QED) is 0.342. The average Bonchev–Trinajstić information content (AvgIpc) is 2.62. The third-order valence-electron chi connectivity index (χ3n) is 1.46. The molecule has 0 spiro atoms. The summed E-state index contributed by atoms with van der Waals surface area (Å²) < 4.78 is 4.89. The molecule has 8 heteroatoms. The SMILES string of the molecule is CC(=NNC(N)=S)c1ccc([N+](=O)[O-])o1. The van der Waals surface area contributed by atoms with E-state index in [-0.39, 0.29) is 16.8 Å². The summed E-state index contributed by atoms with van der Waals surface area (Å²) in [4.78, 5) is 9.69. The first-order chi connectivity index (χ1) is 7.00. The van der Waals surface area contributed by atoms with E-state index in [1.807, 2.05) is 0 Å². The number of nitrogens with zero attached hydrogens (tertiary/aromatic N) is 2. The summed E-state index contributed by atoms with van der Waals surface area (Å²) in [5.74, 6) is -0.0553. The monoisotopic (exact) mass is 228 g/mol. The van der Waals surface area contributed by atoms with Crippen molar-refractivity contribution in [3.63, 3.8) is 0 Å². The molecule has 1 aromatic rings. The Kier molecular flexibility index (Phi) is 3.34. The maximum Gasteiger partial charge on any atom is 0.433 e. The largest absolute Gasteiger partial charge is 0.433 e. The summed E-state index contributed by atoms with van der Waals surface area (Å²) in [5, 5.41) is 14.1. The smallest absolute Gasteiger partial charge is 0.399 e. The number of hydrogen-bond donors (Lipinski definition) is 2. The van der Waals surface area contributed by atoms with Crippen LogP contribution in [0.2, 0.25) is 0 Å². The first kappa shape index (κ1) is 11.1. The van der Waals surface area contributed by atoms with E-state index in [9.17, 15) is 10.1 Å². The predicted octanol–water partition coefficient (Wildman–Crippen LogP) is 0.745. The average molecular weight is 228 g/mol. The molecule has 1 rings (SSSR count). The molecule has 15 heavy (non-hydrogen) atoms. The molecule has 0 aliphatic carbocycles. The fourth-order valence-electron chi connectivity index (χ4n) is 0.814. The van der Waals surface area contributed by atoms with Crippen LogP contribution in [0.25, 0.3) is 0 Å². The zero-order valence-corrected chi connectivity index (χ0v) is 8.58. The van der Waals surface area contributed by atoms with Gasteiger partial charge >= 0.3 is 5.88 Å². The zero-order chi connectivity index (χ0) is 11.4. The summed E-state index contributed by atoms with van der Waals surface area (Å²) in [5.41, 5.74) is 7.91. The van der Waals surface area contributed by atoms with E-state index in [2.05, 4.69) is 22.7 Å². The van der Waals surface area contributed by atoms with E-state index in [0.29, 0.717) is 5.71 Å². The standard InChI is InChI=1S/C7H8N4O3S/c1-4(9-10-7(8)15)5-2-3-6(14-5)11(12)13/h2-3H,1H3,(H3,8,10,15). The second-order valence-corrected chi connectivity index (χ2v) is 3.01. The van der Waals surface area contributed by atoms with E-state index in [0.717, 1.165) is 0 Å². The molecule has 3 N–H and O–H groups in total. The molecule has 0 aliphatic rings. The first-order valence-electron chi connectivity index (χ1n) is 3.85. The summed E-state index contributed by atoms with van der Waals surface area (Å²) in [7, 11) is 0. The van der Waals surface area contributed by atoms with Crippen LogP contribution in [0, 0.1) is 10.1 Å². The van der Waals surface area contributed by atoms with E-state index < -0.39 is 4.92 Å². The molecular weight excluding hydrogens is 220 g/mol. The van der Waals surface area contributed by atoms with Crippen molar-refractivity contribution in [3.8, 4) is 0 Å². The maximum atomic E-state index is 10.3. The maximum absolute atomic E-state index is 10.3. The van der Waals surface area contributed by atoms with E-state index in [4.69, 9.17) is 10.2 Å². The Hall–Kier alpha value is -1.96. The molecule has 1 heterocycles. The van der Waals surface area contributed by atoms with Crippen LogP contribution in [0.3, 0.4) is 0 Å². The lowest BCUT2D eigenvalue weighted by Crippen LogP contribution is -2.25. The number of nitrogens with two attached hydrogens (primary N) is 1. The molecule has 80 valence electrons. The lowest BCUT2D eigenvalue weighted by Gasteiger charge is -1.96. The van der Waals surface area contributed by atoms with Crippen molar-refractivity contribution in [1.29, 1.82) is 0 Å². The summed E-state index contributed by atoms with van der Waals surface area (Å²) in [6.07, 6.45) is 0. The van der Waals surface area contributed by atoms with Crippen LogP contribution in [0.1, 0.15) is 12.7 Å². The van der Waals surface area contributed by atoms with Crippen molar-refractivity contribution in [1.82, 2.24) is 5.43 Å². The zero-order valence-electron chi connectivity index (χ0n) is 7.76. The molecule has 0 bridgehead atoms. The van der Waals surface area contributed by atoms with Crippen LogP contribution in [-0.4, -0.2) is 15.7 Å². The Morgan fingerprint density at radius 3 is 2.87 bits per heavy atom. The Morgan fingerprint density at radius 2 is 2.40 bits per heavy atom. The third kappa shape index (κ3) is 3.02. The van der Waals surface area contributed by atoms with Crippen LogP contribution in [0.15, 0.2) is 21.7 Å². The normalized spacial score (nSPS) is 11.1. The van der Waals surface area contributed by atoms with Gasteiger partial charge < -0.3 is 10.2 Å². The van der Waals surface area contributed by atoms with Gasteiger partial charge in [0.05, 0.1) is 6.07 Å². The molecule has 0 fully saturated rings. The fraction of sp³-hybridized carbons (Fsp3) is 0.143. The van der Waals surface area contributed by atoms with Crippen molar-refractivity contribution in [3.05, 3.63) is 28.0 Å². The lowest BCUT2D eigenvalue weighted by molar-refractivity contribution is -0.402. The summed E-state index contributed by atoms with van der Waals surface area (Å²) in [6, 6.07) is 2.69. The van der Waals surface area contributed by atoms with Gasteiger partial charge in [-0.3, -0.25) is 15.5 Å². The second-order valence-electron chi connectivity index (χ2n) is 2.57. The summed E-state index contributed by atoms with van der Waals surface area (Å²) >= 11 is 4.53. The van der Waals surface area contributed by atoms with Crippen molar-refractivity contribution in [2.45, 2.75) is 6.92 Å². The number of thiocarbonyl (C=S) groups is 1. The van der Waals surface area contributed by atoms with Gasteiger partial charge in [0.1, 0.15) is 10.6 Å². The Labute approximate surface area is 90.1 Å². The van der Waals surface area contributed by atoms with Gasteiger partial charge in [-0.15, -0.1) is 0 Å². The highest BCUT2D eigenvalue weighted by Crippen LogP contribution is 2.15. The highest BCUT2D eigenvalue weighted by Gasteiger charge is 2.13. The summed E-state index contributed by atoms with van der Waals surface area (Å²) in [6.45, 7) is 1.60. The minimum atomic E-state index is -0.627. The van der Waals surface area contributed by atoms with Gasteiger partial charge in [0.15, 0.2) is 10.9 Å². The topological polar surface area (TPSA) is 107 Å². The van der Waals surface area contributed by atoms with Gasteiger partial charge in [-0.05, 0) is 25.2 Å². The second kappa shape index (κ2) is 4.51. The molecule has 1 aromatic heterocycles. The highest BCUT2D eigenvalue weighted by molar-refractivity contribution is 7.80. The molecule has 0 radical (unpaired) electrons. The van der Waals surface area contributed by atoms with E-state index in [1.165, 1.54) is 12.1 Å². The molecule has 0 saturated heterocycles. The number of hydrogen-bond acceptors (Lipinski definition) is 5. The van der Waals surface area contributed by atoms with E-state index in [1.54, 1.807) is 6.92 Å². The molecule has 0 unspecified atom stereocenters. The molecule has 0 aromatic carbocycles. The van der Waals surface area contributed by atoms with Crippen LogP contribution in [0.5, 0.6) is 0 Å². The molecule has 0 atom stereocenters. The highest BCUT2D eigenvalue weighted by atomic mass is 32.1. The minimum Gasteiger partial charge on any atom is -0.399 e. The third-order valence-corrected chi connectivity index (χ3v) is 1.55. The van der Waals surface area contributed by atoms with Gasteiger partial charge in [0, 0.05) is 0 Å². The van der Waals surface area contributed by atoms with Gasteiger partial charge in [-0.1, -0.05) is 0 Å². The predicted molar refractivity (Wildman–Crippen MR) is 57.5 cm³/mol. The van der Waals surface area contributed by atoms with Crippen LogP contribution < -0.4 is 11.2 Å². The van der Waals surface area contributed by atoms with Crippen molar-refractivity contribution < 1.29 is 9.34 Å². The molecule has 0 aliphatic heterocycles. The Balaban J connectivity index is 2.82. The number of hydrazone groups is 1. The minimum absolute atomic E-state index is 0.00964. The molecule has 0 saturated carbocycles.